The first-order valence-corrected chi connectivity index (χ1v) is 12.7. The van der Waals surface area contributed by atoms with Crippen LogP contribution in [0.1, 0.15) is 64.2 Å². The molecule has 1 saturated carbocycles. The topological polar surface area (TPSA) is 114 Å². The number of ketones is 1. The first kappa shape index (κ1) is 24.9. The van der Waals surface area contributed by atoms with Crippen molar-refractivity contribution in [1.82, 2.24) is 19.5 Å². The molecule has 1 aromatic carbocycles. The summed E-state index contributed by atoms with van der Waals surface area (Å²) < 4.78 is 7.75. The van der Waals surface area contributed by atoms with Crippen molar-refractivity contribution in [1.29, 1.82) is 0 Å². The third-order valence-corrected chi connectivity index (χ3v) is 6.41. The molecule has 0 unspecified atom stereocenters. The highest BCUT2D eigenvalue weighted by Gasteiger charge is 2.18. The quantitative estimate of drug-likeness (QED) is 0.301. The van der Waals surface area contributed by atoms with E-state index >= 15 is 0 Å². The second kappa shape index (κ2) is 12.5. The number of benzene rings is 1. The monoisotopic (exact) mass is 480 g/mol. The van der Waals surface area contributed by atoms with E-state index in [-0.39, 0.29) is 12.4 Å². The van der Waals surface area contributed by atoms with Crippen LogP contribution in [0.4, 0.5) is 17.5 Å². The minimum atomic E-state index is -0.351. The molecular weight excluding hydrogens is 444 g/mol. The number of ether oxygens (including phenoxy) is 1. The molecule has 9 heteroatoms. The van der Waals surface area contributed by atoms with Gasteiger partial charge in [0.15, 0.2) is 22.8 Å². The molecule has 188 valence electrons. The third kappa shape index (κ3) is 7.14. The summed E-state index contributed by atoms with van der Waals surface area (Å²) in [5.41, 5.74) is 2.48. The molecule has 0 bridgehead atoms. The molecule has 1 aliphatic carbocycles. The Kier molecular flexibility index (Phi) is 8.89. The molecule has 0 radical (unpaired) electrons. The van der Waals surface area contributed by atoms with Crippen LogP contribution < -0.4 is 15.4 Å². The van der Waals surface area contributed by atoms with Crippen molar-refractivity contribution in [2.24, 2.45) is 7.05 Å². The number of nitrogens with one attached hydrogen (secondary N) is 2. The fourth-order valence-corrected chi connectivity index (χ4v) is 4.41. The van der Waals surface area contributed by atoms with Gasteiger partial charge in [0.1, 0.15) is 12.4 Å². The summed E-state index contributed by atoms with van der Waals surface area (Å²) in [6.45, 7) is 0.285. The van der Waals surface area contributed by atoms with E-state index in [1.807, 2.05) is 35.9 Å². The number of unbranched alkanes of at least 4 members (excludes halogenated alkanes) is 3. The van der Waals surface area contributed by atoms with Crippen LogP contribution in [0.15, 0.2) is 30.6 Å². The molecule has 0 aliphatic heterocycles. The maximum Gasteiger partial charge on any atom is 0.231 e. The molecule has 0 atom stereocenters. The third-order valence-electron chi connectivity index (χ3n) is 6.41. The van der Waals surface area contributed by atoms with Crippen molar-refractivity contribution in [3.05, 3.63) is 30.6 Å². The van der Waals surface area contributed by atoms with Crippen LogP contribution in [0, 0.1) is 0 Å². The summed E-state index contributed by atoms with van der Waals surface area (Å²) >= 11 is 0. The second-order valence-corrected chi connectivity index (χ2v) is 9.26. The van der Waals surface area contributed by atoms with E-state index in [1.165, 1.54) is 19.3 Å². The van der Waals surface area contributed by atoms with Crippen LogP contribution in [-0.2, 0) is 11.8 Å². The Morgan fingerprint density at radius 3 is 2.63 bits per heavy atom. The van der Waals surface area contributed by atoms with E-state index < -0.39 is 0 Å². The number of carbonyl (C=O) groups is 1. The van der Waals surface area contributed by atoms with Crippen LogP contribution in [0.5, 0.6) is 5.75 Å². The highest BCUT2D eigenvalue weighted by molar-refractivity contribution is 5.84. The molecule has 3 N–H and O–H groups in total. The van der Waals surface area contributed by atoms with Gasteiger partial charge in [0.05, 0.1) is 12.9 Å². The van der Waals surface area contributed by atoms with Gasteiger partial charge < -0.3 is 25.0 Å². The SMILES string of the molecule is Cn1cnc2c(NC3CCCCC3)nc(Nc3ccc(OCCCCCCC(=O)CO)cc3)nc21. The van der Waals surface area contributed by atoms with Crippen LogP contribution in [-0.4, -0.2) is 49.7 Å². The van der Waals surface area contributed by atoms with Gasteiger partial charge in [-0.15, -0.1) is 0 Å². The number of carbonyl (C=O) groups excluding carboxylic acids is 1. The Labute approximate surface area is 206 Å². The van der Waals surface area contributed by atoms with Gasteiger partial charge in [-0.3, -0.25) is 4.79 Å². The molecule has 35 heavy (non-hydrogen) atoms. The number of Topliss-reactive ketones (excluding diaryl/α,β-unsaturated/α-hetero) is 1. The highest BCUT2D eigenvalue weighted by Crippen LogP contribution is 2.27. The van der Waals surface area contributed by atoms with Crippen LogP contribution in [0.2, 0.25) is 0 Å². The summed E-state index contributed by atoms with van der Waals surface area (Å²) in [5.74, 6) is 2.05. The first-order chi connectivity index (χ1) is 17.1. The Hall–Kier alpha value is -3.20. The van der Waals surface area contributed by atoms with Crippen molar-refractivity contribution in [3.8, 4) is 5.75 Å². The van der Waals surface area contributed by atoms with E-state index in [4.69, 9.17) is 14.8 Å². The minimum absolute atomic E-state index is 0.0858. The Bertz CT molecular complexity index is 1090. The Balaban J connectivity index is 1.31. The summed E-state index contributed by atoms with van der Waals surface area (Å²) in [7, 11) is 1.94. The van der Waals surface area contributed by atoms with Crippen molar-refractivity contribution in [3.63, 3.8) is 0 Å². The lowest BCUT2D eigenvalue weighted by molar-refractivity contribution is -0.121. The Morgan fingerprint density at radius 1 is 1.09 bits per heavy atom. The van der Waals surface area contributed by atoms with Crippen molar-refractivity contribution >= 4 is 34.4 Å². The molecule has 2 aromatic heterocycles. The number of hydrogen-bond donors (Lipinski definition) is 3. The second-order valence-electron chi connectivity index (χ2n) is 9.26. The largest absolute Gasteiger partial charge is 0.494 e. The van der Waals surface area contributed by atoms with Crippen LogP contribution >= 0.6 is 0 Å². The van der Waals surface area contributed by atoms with E-state index in [0.717, 1.165) is 66.9 Å². The summed E-state index contributed by atoms with van der Waals surface area (Å²) in [6.07, 6.45) is 12.1. The van der Waals surface area contributed by atoms with Gasteiger partial charge in [-0.1, -0.05) is 32.1 Å². The molecule has 3 aromatic rings. The number of imidazole rings is 1. The van der Waals surface area contributed by atoms with Gasteiger partial charge in [-0.05, 0) is 49.9 Å². The number of aliphatic hydroxyl groups is 1. The number of rotatable bonds is 13. The van der Waals surface area contributed by atoms with Crippen LogP contribution in [0.3, 0.4) is 0 Å². The lowest BCUT2D eigenvalue weighted by atomic mass is 9.95. The maximum atomic E-state index is 11.1. The lowest BCUT2D eigenvalue weighted by Crippen LogP contribution is -2.23. The molecule has 9 nitrogen and oxygen atoms in total. The molecule has 4 rings (SSSR count). The van der Waals surface area contributed by atoms with E-state index in [1.54, 1.807) is 6.33 Å². The zero-order valence-corrected chi connectivity index (χ0v) is 20.5. The molecule has 0 spiro atoms. The number of aryl methyl sites for hydroxylation is 1. The predicted octanol–water partition coefficient (Wildman–Crippen LogP) is 4.74. The van der Waals surface area contributed by atoms with Gasteiger partial charge in [-0.25, -0.2) is 4.98 Å². The average molecular weight is 481 g/mol. The average Bonchev–Trinajstić information content (AvgIpc) is 3.25. The smallest absolute Gasteiger partial charge is 0.231 e. The summed E-state index contributed by atoms with van der Waals surface area (Å²) in [4.78, 5) is 25.0. The van der Waals surface area contributed by atoms with Crippen LogP contribution in [0.25, 0.3) is 11.2 Å². The lowest BCUT2D eigenvalue weighted by Gasteiger charge is -2.23. The molecule has 2 heterocycles. The number of aromatic nitrogens is 4. The van der Waals surface area contributed by atoms with Gasteiger partial charge in [0.25, 0.3) is 0 Å². The summed E-state index contributed by atoms with van der Waals surface area (Å²) in [6, 6.07) is 8.22. The first-order valence-electron chi connectivity index (χ1n) is 12.7. The van der Waals surface area contributed by atoms with Crippen molar-refractivity contribution in [2.45, 2.75) is 70.3 Å². The van der Waals surface area contributed by atoms with E-state index in [9.17, 15) is 4.79 Å². The fraction of sp³-hybridized carbons (Fsp3) is 0.538. The van der Waals surface area contributed by atoms with Crippen molar-refractivity contribution in [2.75, 3.05) is 23.8 Å². The molecule has 1 fully saturated rings. The normalized spacial score (nSPS) is 14.2. The van der Waals surface area contributed by atoms with Gasteiger partial charge in [0, 0.05) is 25.2 Å². The minimum Gasteiger partial charge on any atom is -0.494 e. The zero-order chi connectivity index (χ0) is 24.5. The molecule has 0 amide bonds. The fourth-order valence-electron chi connectivity index (χ4n) is 4.41. The number of aliphatic hydroxyl groups excluding tert-OH is 1. The van der Waals surface area contributed by atoms with Gasteiger partial charge in [-0.2, -0.15) is 9.97 Å². The number of anilines is 3. The number of fused-ring (bicyclic) bond motifs is 1. The number of nitrogens with zero attached hydrogens (tertiary/aromatic N) is 4. The standard InChI is InChI=1S/C26H36N6O3/c1-32-18-27-23-24(28-19-9-5-4-6-10-19)30-26(31-25(23)32)29-20-12-14-22(15-13-20)35-16-8-3-2-7-11-21(34)17-33/h12-15,18-19,33H,2-11,16-17H2,1H3,(H2,28,29,30,31). The predicted molar refractivity (Wildman–Crippen MR) is 137 cm³/mol. The molecule has 1 aliphatic rings. The zero-order valence-electron chi connectivity index (χ0n) is 20.5. The van der Waals surface area contributed by atoms with Crippen molar-refractivity contribution < 1.29 is 14.6 Å². The Morgan fingerprint density at radius 2 is 1.86 bits per heavy atom. The number of hydrogen-bond acceptors (Lipinski definition) is 8. The van der Waals surface area contributed by atoms with Gasteiger partial charge in [0.2, 0.25) is 5.95 Å². The molecule has 0 saturated heterocycles. The summed E-state index contributed by atoms with van der Waals surface area (Å²) in [5, 5.41) is 15.7. The molecular formula is C26H36N6O3. The van der Waals surface area contributed by atoms with E-state index in [2.05, 4.69) is 20.6 Å². The van der Waals surface area contributed by atoms with E-state index in [0.29, 0.717) is 25.0 Å². The van der Waals surface area contributed by atoms with Gasteiger partial charge >= 0.3 is 0 Å². The highest BCUT2D eigenvalue weighted by atomic mass is 16.5. The maximum absolute atomic E-state index is 11.1.